The standard InChI is InChI=1S/C46H52N2O12/c1-27-18-28(2)21-34(20-27)43(51)59-39-38(54-6)37(58-45(55-7)40(39)60-44(52)35-22-29(3)19-30(4)23-35)26-56-42(50)31(5)47-41(49)36(24-32-14-10-8-11-15-32)48-46(53)57-25-33-16-12-9-13-17-33/h8-23,31,36-40,45H,24-26H2,1-7H3,(H,47,49)(H,48,53)/t31-,36-,37?,38+,39-,40?,45+/m0/s1. The van der Waals surface area contributed by atoms with Crippen molar-refractivity contribution in [2.75, 3.05) is 20.8 Å². The van der Waals surface area contributed by atoms with Gasteiger partial charge in [-0.25, -0.2) is 19.2 Å². The van der Waals surface area contributed by atoms with E-state index in [-0.39, 0.29) is 24.2 Å². The molecule has 318 valence electrons. The molecule has 1 saturated heterocycles. The van der Waals surface area contributed by atoms with Gasteiger partial charge in [-0.15, -0.1) is 0 Å². The molecule has 0 bridgehead atoms. The van der Waals surface area contributed by atoms with E-state index in [0.29, 0.717) is 0 Å². The molecule has 2 amide bonds. The number of esters is 3. The fourth-order valence-corrected chi connectivity index (χ4v) is 6.94. The smallest absolute Gasteiger partial charge is 0.408 e. The fraction of sp³-hybridized carbons (Fsp3) is 0.370. The monoisotopic (exact) mass is 824 g/mol. The summed E-state index contributed by atoms with van der Waals surface area (Å²) in [5, 5.41) is 5.23. The van der Waals surface area contributed by atoms with Crippen molar-refractivity contribution in [1.29, 1.82) is 0 Å². The fourth-order valence-electron chi connectivity index (χ4n) is 6.94. The Morgan fingerprint density at radius 1 is 0.633 bits per heavy atom. The van der Waals surface area contributed by atoms with Gasteiger partial charge < -0.3 is 43.8 Å². The molecule has 1 fully saturated rings. The van der Waals surface area contributed by atoms with Gasteiger partial charge in [0, 0.05) is 20.6 Å². The van der Waals surface area contributed by atoms with Gasteiger partial charge in [0.2, 0.25) is 5.91 Å². The highest BCUT2D eigenvalue weighted by Gasteiger charge is 2.52. The zero-order valence-corrected chi connectivity index (χ0v) is 34.8. The van der Waals surface area contributed by atoms with Crippen LogP contribution in [-0.4, -0.2) is 93.5 Å². The third-order valence-corrected chi connectivity index (χ3v) is 9.70. The van der Waals surface area contributed by atoms with Crippen LogP contribution in [0.1, 0.15) is 61.0 Å². The second-order valence-corrected chi connectivity index (χ2v) is 14.8. The molecule has 5 rings (SSSR count). The Labute approximate surface area is 349 Å². The van der Waals surface area contributed by atoms with Gasteiger partial charge in [0.25, 0.3) is 0 Å². The molecule has 0 aliphatic carbocycles. The van der Waals surface area contributed by atoms with Crippen LogP contribution >= 0.6 is 0 Å². The number of carbonyl (C=O) groups is 5. The highest BCUT2D eigenvalue weighted by molar-refractivity contribution is 5.91. The molecule has 0 radical (unpaired) electrons. The van der Waals surface area contributed by atoms with E-state index >= 15 is 0 Å². The maximum Gasteiger partial charge on any atom is 0.408 e. The first kappa shape index (κ1) is 45.0. The summed E-state index contributed by atoms with van der Waals surface area (Å²) in [5.41, 5.74) is 5.41. The minimum atomic E-state index is -1.32. The molecule has 60 heavy (non-hydrogen) atoms. The van der Waals surface area contributed by atoms with Crippen molar-refractivity contribution in [3.05, 3.63) is 142 Å². The number of hydrogen-bond acceptors (Lipinski definition) is 12. The molecule has 0 saturated carbocycles. The lowest BCUT2D eigenvalue weighted by atomic mass is 9.97. The third kappa shape index (κ3) is 12.5. The number of amides is 2. The highest BCUT2D eigenvalue weighted by atomic mass is 16.7. The molecule has 4 aromatic carbocycles. The van der Waals surface area contributed by atoms with Crippen LogP contribution in [0.5, 0.6) is 0 Å². The summed E-state index contributed by atoms with van der Waals surface area (Å²) < 4.78 is 40.6. The van der Waals surface area contributed by atoms with Crippen molar-refractivity contribution in [2.24, 2.45) is 0 Å². The number of nitrogens with one attached hydrogen (secondary N) is 2. The lowest BCUT2D eigenvalue weighted by molar-refractivity contribution is -0.297. The summed E-state index contributed by atoms with van der Waals surface area (Å²) >= 11 is 0. The van der Waals surface area contributed by atoms with Gasteiger partial charge in [0.1, 0.15) is 37.5 Å². The Kier molecular flexibility index (Phi) is 15.9. The average Bonchev–Trinajstić information content (AvgIpc) is 3.22. The number of aryl methyl sites for hydroxylation is 4. The van der Waals surface area contributed by atoms with Crippen molar-refractivity contribution < 1.29 is 57.1 Å². The van der Waals surface area contributed by atoms with Crippen molar-refractivity contribution in [2.45, 2.75) is 90.4 Å². The molecule has 1 heterocycles. The molecule has 7 atom stereocenters. The summed E-state index contributed by atoms with van der Waals surface area (Å²) in [6.07, 6.45) is -6.87. The number of rotatable bonds is 16. The predicted molar refractivity (Wildman–Crippen MR) is 219 cm³/mol. The third-order valence-electron chi connectivity index (χ3n) is 9.70. The largest absolute Gasteiger partial charge is 0.461 e. The molecule has 4 aromatic rings. The predicted octanol–water partition coefficient (Wildman–Crippen LogP) is 5.64. The van der Waals surface area contributed by atoms with Gasteiger partial charge >= 0.3 is 24.0 Å². The number of ether oxygens (including phenoxy) is 7. The van der Waals surface area contributed by atoms with Gasteiger partial charge in [-0.3, -0.25) is 4.79 Å². The van der Waals surface area contributed by atoms with Crippen LogP contribution in [0.25, 0.3) is 0 Å². The van der Waals surface area contributed by atoms with Crippen molar-refractivity contribution in [3.63, 3.8) is 0 Å². The van der Waals surface area contributed by atoms with Crippen LogP contribution in [-0.2, 0) is 55.8 Å². The Hall–Kier alpha value is -6.09. The number of alkyl carbamates (subject to hydrolysis) is 1. The molecular weight excluding hydrogens is 773 g/mol. The molecule has 2 unspecified atom stereocenters. The quantitative estimate of drug-likeness (QED) is 0.105. The van der Waals surface area contributed by atoms with E-state index in [9.17, 15) is 24.0 Å². The molecule has 14 nitrogen and oxygen atoms in total. The van der Waals surface area contributed by atoms with Crippen LogP contribution in [0.4, 0.5) is 4.79 Å². The number of carbonyl (C=O) groups excluding carboxylic acids is 5. The lowest BCUT2D eigenvalue weighted by Gasteiger charge is -2.44. The van der Waals surface area contributed by atoms with E-state index in [1.165, 1.54) is 21.1 Å². The minimum absolute atomic E-state index is 0.00797. The normalized spacial score (nSPS) is 19.6. The van der Waals surface area contributed by atoms with E-state index < -0.39 is 79.3 Å². The summed E-state index contributed by atoms with van der Waals surface area (Å²) in [4.78, 5) is 67.1. The van der Waals surface area contributed by atoms with Crippen LogP contribution in [0, 0.1) is 27.7 Å². The van der Waals surface area contributed by atoms with Gasteiger partial charge in [-0.05, 0) is 70.0 Å². The second-order valence-electron chi connectivity index (χ2n) is 14.8. The zero-order valence-electron chi connectivity index (χ0n) is 34.8. The average molecular weight is 825 g/mol. The summed E-state index contributed by atoms with van der Waals surface area (Å²) in [6.45, 7) is 8.38. The van der Waals surface area contributed by atoms with E-state index in [4.69, 9.17) is 33.2 Å². The molecule has 2 N–H and O–H groups in total. The van der Waals surface area contributed by atoms with E-state index in [2.05, 4.69) is 10.6 Å². The first-order chi connectivity index (χ1) is 28.7. The first-order valence-electron chi connectivity index (χ1n) is 19.5. The molecule has 0 spiro atoms. The van der Waals surface area contributed by atoms with Crippen molar-refractivity contribution >= 4 is 29.9 Å². The maximum atomic E-state index is 13.7. The number of benzene rings is 4. The number of methoxy groups -OCH3 is 2. The van der Waals surface area contributed by atoms with Crippen LogP contribution in [0.15, 0.2) is 97.1 Å². The topological polar surface area (TPSA) is 174 Å². The maximum absolute atomic E-state index is 13.7. The minimum Gasteiger partial charge on any atom is -0.461 e. The zero-order chi connectivity index (χ0) is 43.3. The Morgan fingerprint density at radius 2 is 1.15 bits per heavy atom. The van der Waals surface area contributed by atoms with E-state index in [0.717, 1.165) is 33.4 Å². The molecule has 1 aliphatic rings. The van der Waals surface area contributed by atoms with Gasteiger partial charge in [0.05, 0.1) is 11.1 Å². The molecule has 14 heteroatoms. The van der Waals surface area contributed by atoms with Gasteiger partial charge in [0.15, 0.2) is 18.5 Å². The van der Waals surface area contributed by atoms with Crippen LogP contribution in [0.3, 0.4) is 0 Å². The first-order valence-corrected chi connectivity index (χ1v) is 19.5. The summed E-state index contributed by atoms with van der Waals surface area (Å²) in [6, 6.07) is 26.3. The van der Waals surface area contributed by atoms with Crippen molar-refractivity contribution in [1.82, 2.24) is 10.6 Å². The Morgan fingerprint density at radius 3 is 1.67 bits per heavy atom. The summed E-state index contributed by atoms with van der Waals surface area (Å²) in [5.74, 6) is -2.92. The molecule has 1 aliphatic heterocycles. The number of hydrogen-bond donors (Lipinski definition) is 2. The van der Waals surface area contributed by atoms with Crippen molar-refractivity contribution in [3.8, 4) is 0 Å². The van der Waals surface area contributed by atoms with Crippen LogP contribution in [0.2, 0.25) is 0 Å². The Balaban J connectivity index is 1.30. The Bertz CT molecular complexity index is 2070. The summed E-state index contributed by atoms with van der Waals surface area (Å²) in [7, 11) is 2.68. The van der Waals surface area contributed by atoms with Crippen LogP contribution < -0.4 is 10.6 Å². The molecule has 0 aromatic heterocycles. The van der Waals surface area contributed by atoms with Gasteiger partial charge in [-0.2, -0.15) is 0 Å². The van der Waals surface area contributed by atoms with Gasteiger partial charge in [-0.1, -0.05) is 95.1 Å². The second kappa shape index (κ2) is 21.3. The highest BCUT2D eigenvalue weighted by Crippen LogP contribution is 2.31. The van der Waals surface area contributed by atoms with E-state index in [1.807, 2.05) is 64.1 Å². The molecular formula is C46H52N2O12. The lowest BCUT2D eigenvalue weighted by Crippen LogP contribution is -2.62. The van der Waals surface area contributed by atoms with E-state index in [1.54, 1.807) is 60.7 Å². The SMILES string of the molecule is CO[C@@H]1OC(COC(=O)[C@H](C)NC(=O)[C@H](Cc2ccccc2)NC(=O)OCc2ccccc2)[C@@H](OC)[C@H](OC(=O)c2cc(C)cc(C)c2)C1OC(=O)c1cc(C)cc(C)c1.